The van der Waals surface area contributed by atoms with Crippen LogP contribution in [0.3, 0.4) is 0 Å². The van der Waals surface area contributed by atoms with Crippen molar-refractivity contribution >= 4 is 12.1 Å². The summed E-state index contributed by atoms with van der Waals surface area (Å²) in [6.07, 6.45) is 9.98. The van der Waals surface area contributed by atoms with Crippen LogP contribution in [0, 0.1) is 5.92 Å². The molecule has 0 aromatic heterocycles. The van der Waals surface area contributed by atoms with Gasteiger partial charge in [0.2, 0.25) is 0 Å². The summed E-state index contributed by atoms with van der Waals surface area (Å²) in [4.78, 5) is 28.3. The number of piperidine rings is 1. The maximum atomic E-state index is 12.8. The van der Waals surface area contributed by atoms with E-state index >= 15 is 0 Å². The predicted octanol–water partition coefficient (Wildman–Crippen LogP) is 2.57. The molecule has 2 aliphatic rings. The molecule has 30 heavy (non-hydrogen) atoms. The van der Waals surface area contributed by atoms with Crippen LogP contribution in [0.2, 0.25) is 0 Å². The molecule has 0 radical (unpaired) electrons. The molecule has 0 bridgehead atoms. The van der Waals surface area contributed by atoms with Gasteiger partial charge in [-0.2, -0.15) is 0 Å². The number of hydrogen-bond donors (Lipinski definition) is 4. The Labute approximate surface area is 182 Å². The number of urea groups is 2. The van der Waals surface area contributed by atoms with Crippen molar-refractivity contribution in [2.45, 2.75) is 76.9 Å². The summed E-state index contributed by atoms with van der Waals surface area (Å²) < 4.78 is 0. The Hall–Kier alpha value is -1.80. The van der Waals surface area contributed by atoms with Gasteiger partial charge in [-0.05, 0) is 32.4 Å². The number of allylic oxidation sites excluding steroid dienone is 1. The van der Waals surface area contributed by atoms with E-state index in [1.807, 2.05) is 0 Å². The minimum Gasteiger partial charge on any atom is -0.367 e. The van der Waals surface area contributed by atoms with Crippen molar-refractivity contribution in [3.05, 3.63) is 12.3 Å². The summed E-state index contributed by atoms with van der Waals surface area (Å²) in [6, 6.07) is -1.10. The molecule has 0 aromatic carbocycles. The number of amides is 4. The largest absolute Gasteiger partial charge is 0.367 e. The molecule has 0 aromatic rings. The van der Waals surface area contributed by atoms with E-state index in [0.717, 1.165) is 44.5 Å². The number of hydrogen-bond acceptors (Lipinski definition) is 5. The second kappa shape index (κ2) is 12.8. The zero-order valence-corrected chi connectivity index (χ0v) is 18.9. The van der Waals surface area contributed by atoms with Crippen LogP contribution >= 0.6 is 0 Å². The van der Waals surface area contributed by atoms with Gasteiger partial charge in [-0.1, -0.05) is 52.0 Å². The van der Waals surface area contributed by atoms with E-state index in [0.29, 0.717) is 12.5 Å². The van der Waals surface area contributed by atoms with Crippen LogP contribution in [0.1, 0.15) is 64.7 Å². The van der Waals surface area contributed by atoms with Crippen LogP contribution in [0.25, 0.3) is 0 Å². The van der Waals surface area contributed by atoms with Crippen molar-refractivity contribution < 1.29 is 9.59 Å². The Morgan fingerprint density at radius 1 is 1.17 bits per heavy atom. The first-order valence-electron chi connectivity index (χ1n) is 11.7. The SMILES string of the molecule is C=C(NC1C(CN)N(C(=O)NCCCCCCCCC)C(=O)N1C)C1CCNCC1. The zero-order valence-electron chi connectivity index (χ0n) is 18.9. The van der Waals surface area contributed by atoms with Gasteiger partial charge in [-0.15, -0.1) is 0 Å². The van der Waals surface area contributed by atoms with Gasteiger partial charge in [0.1, 0.15) is 6.17 Å². The van der Waals surface area contributed by atoms with Crippen LogP contribution in [0.4, 0.5) is 9.59 Å². The second-order valence-corrected chi connectivity index (χ2v) is 8.56. The molecule has 8 heteroatoms. The first kappa shape index (κ1) is 24.5. The number of carbonyl (C=O) groups excluding carboxylic acids is 2. The summed E-state index contributed by atoms with van der Waals surface area (Å²) >= 11 is 0. The topological polar surface area (TPSA) is 103 Å². The van der Waals surface area contributed by atoms with Crippen molar-refractivity contribution in [3.8, 4) is 0 Å². The van der Waals surface area contributed by atoms with Gasteiger partial charge in [-0.25, -0.2) is 14.5 Å². The second-order valence-electron chi connectivity index (χ2n) is 8.56. The zero-order chi connectivity index (χ0) is 21.9. The maximum Gasteiger partial charge on any atom is 0.330 e. The number of likely N-dealkylation sites (N-methyl/N-ethyl adjacent to an activating group) is 1. The molecule has 0 saturated carbocycles. The fourth-order valence-corrected chi connectivity index (χ4v) is 4.34. The summed E-state index contributed by atoms with van der Waals surface area (Å²) in [7, 11) is 1.71. The van der Waals surface area contributed by atoms with Gasteiger partial charge in [0, 0.05) is 31.8 Å². The Balaban J connectivity index is 1.82. The number of imide groups is 1. The molecule has 2 fully saturated rings. The Morgan fingerprint density at radius 3 is 2.43 bits per heavy atom. The van der Waals surface area contributed by atoms with Gasteiger partial charge >= 0.3 is 12.1 Å². The number of nitrogens with one attached hydrogen (secondary N) is 3. The summed E-state index contributed by atoms with van der Waals surface area (Å²) in [5.41, 5.74) is 6.91. The highest BCUT2D eigenvalue weighted by atomic mass is 16.2. The van der Waals surface area contributed by atoms with Crippen LogP contribution in [-0.2, 0) is 0 Å². The summed E-state index contributed by atoms with van der Waals surface area (Å²) in [5.74, 6) is 0.369. The number of unbranched alkanes of at least 4 members (excludes halogenated alkanes) is 6. The minimum absolute atomic E-state index is 0.206. The molecule has 0 aliphatic carbocycles. The highest BCUT2D eigenvalue weighted by Crippen LogP contribution is 2.24. The third-order valence-electron chi connectivity index (χ3n) is 6.30. The molecule has 5 N–H and O–H groups in total. The normalized spacial score (nSPS) is 22.4. The van der Waals surface area contributed by atoms with Crippen molar-refractivity contribution in [2.24, 2.45) is 11.7 Å². The Kier molecular flexibility index (Phi) is 10.4. The van der Waals surface area contributed by atoms with Crippen molar-refractivity contribution in [2.75, 3.05) is 33.2 Å². The quantitative estimate of drug-likeness (QED) is 0.362. The maximum absolute atomic E-state index is 12.8. The smallest absolute Gasteiger partial charge is 0.330 e. The summed E-state index contributed by atoms with van der Waals surface area (Å²) in [5, 5.41) is 9.65. The van der Waals surface area contributed by atoms with Crippen LogP contribution < -0.4 is 21.7 Å². The molecule has 2 unspecified atom stereocenters. The Morgan fingerprint density at radius 2 is 1.80 bits per heavy atom. The van der Waals surface area contributed by atoms with E-state index in [1.54, 1.807) is 11.9 Å². The van der Waals surface area contributed by atoms with Crippen molar-refractivity contribution in [1.82, 2.24) is 25.8 Å². The fourth-order valence-electron chi connectivity index (χ4n) is 4.34. The Bertz CT molecular complexity index is 564. The molecule has 2 saturated heterocycles. The molecule has 2 atom stereocenters. The lowest BCUT2D eigenvalue weighted by Crippen LogP contribution is -2.53. The first-order valence-corrected chi connectivity index (χ1v) is 11.7. The molecule has 4 amide bonds. The molecule has 172 valence electrons. The lowest BCUT2D eigenvalue weighted by Gasteiger charge is -2.31. The number of rotatable bonds is 12. The molecule has 2 heterocycles. The lowest BCUT2D eigenvalue weighted by atomic mass is 9.95. The monoisotopic (exact) mass is 422 g/mol. The molecule has 2 rings (SSSR count). The number of nitrogens with two attached hydrogens (primary N) is 1. The lowest BCUT2D eigenvalue weighted by molar-refractivity contribution is 0.182. The number of nitrogens with zero attached hydrogens (tertiary/aromatic N) is 2. The van der Waals surface area contributed by atoms with E-state index in [4.69, 9.17) is 5.73 Å². The van der Waals surface area contributed by atoms with Gasteiger partial charge in [0.25, 0.3) is 0 Å². The third kappa shape index (κ3) is 6.60. The average molecular weight is 423 g/mol. The van der Waals surface area contributed by atoms with E-state index < -0.39 is 6.04 Å². The molecule has 0 spiro atoms. The van der Waals surface area contributed by atoms with E-state index in [9.17, 15) is 9.59 Å². The molecular formula is C22H42N6O2. The van der Waals surface area contributed by atoms with Crippen LogP contribution in [-0.4, -0.2) is 67.3 Å². The molecule has 8 nitrogen and oxygen atoms in total. The third-order valence-corrected chi connectivity index (χ3v) is 6.30. The highest BCUT2D eigenvalue weighted by molar-refractivity contribution is 5.95. The number of carbonyl (C=O) groups is 2. The first-order chi connectivity index (χ1) is 14.5. The highest BCUT2D eigenvalue weighted by Gasteiger charge is 2.46. The standard InChI is InChI=1S/C22H42N6O2/c1-4-5-6-7-8-9-10-13-25-21(29)28-19(16-23)20(27(3)22(28)30)26-17(2)18-11-14-24-15-12-18/h18-20,24,26H,2,4-16,23H2,1,3H3,(H,25,29). The van der Waals surface area contributed by atoms with E-state index in [1.165, 1.54) is 37.0 Å². The fraction of sp³-hybridized carbons (Fsp3) is 0.818. The van der Waals surface area contributed by atoms with Crippen LogP contribution in [0.15, 0.2) is 12.3 Å². The predicted molar refractivity (Wildman–Crippen MR) is 121 cm³/mol. The molecular weight excluding hydrogens is 380 g/mol. The van der Waals surface area contributed by atoms with Crippen LogP contribution in [0.5, 0.6) is 0 Å². The summed E-state index contributed by atoms with van der Waals surface area (Å²) in [6.45, 7) is 9.14. The minimum atomic E-state index is -0.421. The molecule has 2 aliphatic heterocycles. The van der Waals surface area contributed by atoms with Crippen molar-refractivity contribution in [3.63, 3.8) is 0 Å². The van der Waals surface area contributed by atoms with E-state index in [2.05, 4.69) is 29.5 Å². The van der Waals surface area contributed by atoms with Gasteiger partial charge in [-0.3, -0.25) is 0 Å². The van der Waals surface area contributed by atoms with Crippen molar-refractivity contribution in [1.29, 1.82) is 0 Å². The van der Waals surface area contributed by atoms with Gasteiger partial charge < -0.3 is 26.6 Å². The average Bonchev–Trinajstić information content (AvgIpc) is 3.00. The van der Waals surface area contributed by atoms with Gasteiger partial charge in [0.05, 0.1) is 6.04 Å². The van der Waals surface area contributed by atoms with E-state index in [-0.39, 0.29) is 24.8 Å². The van der Waals surface area contributed by atoms with Gasteiger partial charge in [0.15, 0.2) is 0 Å².